The largest absolute Gasteiger partial charge is 0.377 e. The molecule has 0 spiro atoms. The molecule has 1 aromatic carbocycles. The van der Waals surface area contributed by atoms with E-state index in [9.17, 15) is 4.79 Å². The summed E-state index contributed by atoms with van der Waals surface area (Å²) < 4.78 is 5.52. The minimum absolute atomic E-state index is 0.240. The predicted molar refractivity (Wildman–Crippen MR) is 63.7 cm³/mol. The lowest BCUT2D eigenvalue weighted by Crippen LogP contribution is -2.15. The maximum atomic E-state index is 10.6. The number of nitrogens with two attached hydrogens (primary N) is 1. The number of hydrogen-bond acceptors (Lipinski definition) is 2. The summed E-state index contributed by atoms with van der Waals surface area (Å²) in [4.78, 5) is 10.6. The topological polar surface area (TPSA) is 52.3 Å². The molecule has 1 amide bonds. The van der Waals surface area contributed by atoms with Crippen LogP contribution in [-0.2, 0) is 16.1 Å². The van der Waals surface area contributed by atoms with Crippen LogP contribution >= 0.6 is 0 Å². The highest BCUT2D eigenvalue weighted by atomic mass is 16.5. The van der Waals surface area contributed by atoms with Crippen LogP contribution in [0.2, 0.25) is 0 Å². The first-order valence-corrected chi connectivity index (χ1v) is 5.58. The molecule has 0 radical (unpaired) electrons. The highest BCUT2D eigenvalue weighted by Gasteiger charge is 2.05. The molecule has 0 saturated carbocycles. The molecule has 0 heterocycles. The van der Waals surface area contributed by atoms with Gasteiger partial charge in [-0.25, -0.2) is 0 Å². The smallest absolute Gasteiger partial charge is 0.217 e. The third-order valence-electron chi connectivity index (χ3n) is 2.42. The lowest BCUT2D eigenvalue weighted by Gasteiger charge is -2.09. The van der Waals surface area contributed by atoms with E-state index < -0.39 is 0 Å². The molecule has 0 bridgehead atoms. The van der Waals surface area contributed by atoms with Gasteiger partial charge in [-0.15, -0.1) is 0 Å². The zero-order valence-electron chi connectivity index (χ0n) is 9.69. The molecule has 1 rings (SSSR count). The van der Waals surface area contributed by atoms with Crippen LogP contribution in [0.3, 0.4) is 0 Å². The van der Waals surface area contributed by atoms with Crippen molar-refractivity contribution in [2.45, 2.75) is 26.4 Å². The van der Waals surface area contributed by atoms with Gasteiger partial charge in [0.15, 0.2) is 0 Å². The lowest BCUT2D eigenvalue weighted by molar-refractivity contribution is -0.118. The van der Waals surface area contributed by atoms with E-state index in [2.05, 4.69) is 0 Å². The normalized spacial score (nSPS) is 12.3. The van der Waals surface area contributed by atoms with Gasteiger partial charge in [0.05, 0.1) is 6.61 Å². The molecule has 1 aromatic rings. The summed E-state index contributed by atoms with van der Waals surface area (Å²) >= 11 is 0. The summed E-state index contributed by atoms with van der Waals surface area (Å²) in [6.45, 7) is 3.31. The van der Waals surface area contributed by atoms with Crippen LogP contribution in [-0.4, -0.2) is 12.5 Å². The maximum Gasteiger partial charge on any atom is 0.217 e. The van der Waals surface area contributed by atoms with E-state index in [-0.39, 0.29) is 5.91 Å². The second kappa shape index (κ2) is 7.01. The number of amides is 1. The lowest BCUT2D eigenvalue weighted by atomic mass is 10.0. The van der Waals surface area contributed by atoms with E-state index in [0.717, 1.165) is 6.42 Å². The number of rotatable bonds is 7. The highest BCUT2D eigenvalue weighted by Crippen LogP contribution is 2.08. The fourth-order valence-electron chi connectivity index (χ4n) is 1.49. The van der Waals surface area contributed by atoms with Gasteiger partial charge in [-0.05, 0) is 17.9 Å². The van der Waals surface area contributed by atoms with Gasteiger partial charge in [0.25, 0.3) is 0 Å². The number of ether oxygens (including phenoxy) is 1. The molecule has 1 atom stereocenters. The van der Waals surface area contributed by atoms with Crippen LogP contribution in [0.4, 0.5) is 0 Å². The van der Waals surface area contributed by atoms with Crippen LogP contribution in [0, 0.1) is 5.92 Å². The highest BCUT2D eigenvalue weighted by molar-refractivity contribution is 5.73. The third-order valence-corrected chi connectivity index (χ3v) is 2.42. The molecule has 0 aliphatic rings. The molecule has 3 nitrogen and oxygen atoms in total. The van der Waals surface area contributed by atoms with E-state index in [1.165, 1.54) is 5.56 Å². The molecular formula is C13H19NO2. The van der Waals surface area contributed by atoms with Gasteiger partial charge in [-0.3, -0.25) is 4.79 Å². The molecular weight excluding hydrogens is 202 g/mol. The van der Waals surface area contributed by atoms with Crippen molar-refractivity contribution in [1.29, 1.82) is 0 Å². The molecule has 0 fully saturated rings. The minimum atomic E-state index is -0.240. The zero-order chi connectivity index (χ0) is 11.8. The van der Waals surface area contributed by atoms with E-state index in [4.69, 9.17) is 10.5 Å². The first-order valence-electron chi connectivity index (χ1n) is 5.58. The van der Waals surface area contributed by atoms with Crippen molar-refractivity contribution in [3.63, 3.8) is 0 Å². The first kappa shape index (κ1) is 12.7. The standard InChI is InChI=1S/C13H19NO2/c1-11(9-13(14)15)7-8-16-10-12-5-3-2-4-6-12/h2-6,11H,7-10H2,1H3,(H2,14,15). The van der Waals surface area contributed by atoms with Gasteiger partial charge in [-0.1, -0.05) is 37.3 Å². The van der Waals surface area contributed by atoms with Crippen LogP contribution < -0.4 is 5.73 Å². The monoisotopic (exact) mass is 221 g/mol. The number of carbonyl (C=O) groups excluding carboxylic acids is 1. The van der Waals surface area contributed by atoms with Gasteiger partial charge in [0.1, 0.15) is 0 Å². The van der Waals surface area contributed by atoms with Crippen molar-refractivity contribution >= 4 is 5.91 Å². The summed E-state index contributed by atoms with van der Waals surface area (Å²) in [6, 6.07) is 10.0. The Morgan fingerprint density at radius 1 is 1.38 bits per heavy atom. The number of hydrogen-bond donors (Lipinski definition) is 1. The van der Waals surface area contributed by atoms with Crippen LogP contribution in [0.25, 0.3) is 0 Å². The van der Waals surface area contributed by atoms with Crippen molar-refractivity contribution in [3.8, 4) is 0 Å². The summed E-state index contributed by atoms with van der Waals surface area (Å²) in [5, 5.41) is 0. The Bertz CT molecular complexity index is 311. The molecule has 3 heteroatoms. The van der Waals surface area contributed by atoms with Gasteiger partial charge in [-0.2, -0.15) is 0 Å². The molecule has 16 heavy (non-hydrogen) atoms. The Morgan fingerprint density at radius 2 is 2.06 bits per heavy atom. The average Bonchev–Trinajstić information content (AvgIpc) is 2.25. The van der Waals surface area contributed by atoms with E-state index in [1.54, 1.807) is 0 Å². The maximum absolute atomic E-state index is 10.6. The number of primary amides is 1. The Labute approximate surface area is 96.6 Å². The van der Waals surface area contributed by atoms with E-state index >= 15 is 0 Å². The van der Waals surface area contributed by atoms with Crippen LogP contribution in [0.5, 0.6) is 0 Å². The fraction of sp³-hybridized carbons (Fsp3) is 0.462. The quantitative estimate of drug-likeness (QED) is 0.717. The predicted octanol–water partition coefficient (Wildman–Crippen LogP) is 2.10. The van der Waals surface area contributed by atoms with Crippen molar-refractivity contribution in [1.82, 2.24) is 0 Å². The van der Waals surface area contributed by atoms with Gasteiger partial charge in [0.2, 0.25) is 5.91 Å². The second-order valence-corrected chi connectivity index (χ2v) is 4.10. The summed E-state index contributed by atoms with van der Waals surface area (Å²) in [5.41, 5.74) is 6.28. The Balaban J connectivity index is 2.10. The van der Waals surface area contributed by atoms with Gasteiger partial charge < -0.3 is 10.5 Å². The number of carbonyl (C=O) groups is 1. The average molecular weight is 221 g/mol. The molecule has 0 aliphatic heterocycles. The van der Waals surface area contributed by atoms with Gasteiger partial charge >= 0.3 is 0 Å². The van der Waals surface area contributed by atoms with Crippen molar-refractivity contribution in [2.75, 3.05) is 6.61 Å². The Hall–Kier alpha value is -1.35. The Morgan fingerprint density at radius 3 is 2.69 bits per heavy atom. The van der Waals surface area contributed by atoms with Crippen LogP contribution in [0.15, 0.2) is 30.3 Å². The molecule has 0 aromatic heterocycles. The molecule has 1 unspecified atom stereocenters. The summed E-state index contributed by atoms with van der Waals surface area (Å²) in [5.74, 6) is 0.0591. The second-order valence-electron chi connectivity index (χ2n) is 4.10. The van der Waals surface area contributed by atoms with Crippen molar-refractivity contribution in [3.05, 3.63) is 35.9 Å². The zero-order valence-corrected chi connectivity index (χ0v) is 9.69. The van der Waals surface area contributed by atoms with Gasteiger partial charge in [0, 0.05) is 13.0 Å². The minimum Gasteiger partial charge on any atom is -0.377 e. The molecule has 0 saturated heterocycles. The van der Waals surface area contributed by atoms with E-state index in [0.29, 0.717) is 25.6 Å². The molecule has 88 valence electrons. The fourth-order valence-corrected chi connectivity index (χ4v) is 1.49. The molecule has 0 aliphatic carbocycles. The summed E-state index contributed by atoms with van der Waals surface area (Å²) in [7, 11) is 0. The number of benzene rings is 1. The third kappa shape index (κ3) is 5.51. The first-order chi connectivity index (χ1) is 7.68. The van der Waals surface area contributed by atoms with Crippen molar-refractivity contribution in [2.24, 2.45) is 11.7 Å². The summed E-state index contributed by atoms with van der Waals surface area (Å²) in [6.07, 6.45) is 1.31. The Kier molecular flexibility index (Phi) is 5.57. The van der Waals surface area contributed by atoms with Crippen LogP contribution in [0.1, 0.15) is 25.3 Å². The SMILES string of the molecule is CC(CCOCc1ccccc1)CC(N)=O. The van der Waals surface area contributed by atoms with E-state index in [1.807, 2.05) is 37.3 Å². The molecule has 2 N–H and O–H groups in total. The van der Waals surface area contributed by atoms with Crippen molar-refractivity contribution < 1.29 is 9.53 Å².